The highest BCUT2D eigenvalue weighted by molar-refractivity contribution is 6.31. The van der Waals surface area contributed by atoms with E-state index in [-0.39, 0.29) is 12.3 Å². The first kappa shape index (κ1) is 11.5. The van der Waals surface area contributed by atoms with E-state index in [0.29, 0.717) is 11.6 Å². The SMILES string of the molecule is Cc1ccc(CNC(=O)CC#N)cc1Cl. The lowest BCUT2D eigenvalue weighted by Gasteiger charge is -2.04. The maximum atomic E-state index is 11.0. The van der Waals surface area contributed by atoms with Crippen molar-refractivity contribution in [1.82, 2.24) is 5.32 Å². The highest BCUT2D eigenvalue weighted by Gasteiger charge is 2.01. The molecule has 0 aliphatic heterocycles. The van der Waals surface area contributed by atoms with Crippen LogP contribution < -0.4 is 5.32 Å². The largest absolute Gasteiger partial charge is 0.351 e. The van der Waals surface area contributed by atoms with Gasteiger partial charge in [-0.3, -0.25) is 4.79 Å². The molecule has 15 heavy (non-hydrogen) atoms. The van der Waals surface area contributed by atoms with Crippen LogP contribution in [-0.2, 0) is 11.3 Å². The van der Waals surface area contributed by atoms with Crippen LogP contribution in [0.25, 0.3) is 0 Å². The molecule has 0 aliphatic rings. The van der Waals surface area contributed by atoms with Crippen LogP contribution in [0.4, 0.5) is 0 Å². The monoisotopic (exact) mass is 222 g/mol. The van der Waals surface area contributed by atoms with E-state index >= 15 is 0 Å². The topological polar surface area (TPSA) is 52.9 Å². The van der Waals surface area contributed by atoms with E-state index in [1.165, 1.54) is 0 Å². The Labute approximate surface area is 93.7 Å². The standard InChI is InChI=1S/C11H11ClN2O/c1-8-2-3-9(6-10(8)12)7-14-11(15)4-5-13/h2-3,6H,4,7H2,1H3,(H,14,15). The van der Waals surface area contributed by atoms with Crippen molar-refractivity contribution in [3.05, 3.63) is 34.3 Å². The number of aryl methyl sites for hydroxylation is 1. The maximum Gasteiger partial charge on any atom is 0.234 e. The molecular formula is C11H11ClN2O. The van der Waals surface area contributed by atoms with Gasteiger partial charge in [-0.05, 0) is 24.1 Å². The van der Waals surface area contributed by atoms with E-state index in [9.17, 15) is 4.79 Å². The van der Waals surface area contributed by atoms with Gasteiger partial charge in [-0.25, -0.2) is 0 Å². The van der Waals surface area contributed by atoms with Gasteiger partial charge >= 0.3 is 0 Å². The van der Waals surface area contributed by atoms with Crippen molar-refractivity contribution in [3.63, 3.8) is 0 Å². The minimum absolute atomic E-state index is 0.112. The van der Waals surface area contributed by atoms with Gasteiger partial charge in [0, 0.05) is 11.6 Å². The molecule has 0 bridgehead atoms. The zero-order valence-corrected chi connectivity index (χ0v) is 9.14. The van der Waals surface area contributed by atoms with Crippen LogP contribution in [0.5, 0.6) is 0 Å². The summed E-state index contributed by atoms with van der Waals surface area (Å²) in [5.41, 5.74) is 1.93. The Balaban J connectivity index is 2.55. The van der Waals surface area contributed by atoms with Crippen molar-refractivity contribution in [2.24, 2.45) is 0 Å². The maximum absolute atomic E-state index is 11.0. The summed E-state index contributed by atoms with van der Waals surface area (Å²) in [6.45, 7) is 2.32. The zero-order chi connectivity index (χ0) is 11.3. The van der Waals surface area contributed by atoms with Gasteiger partial charge in [0.05, 0.1) is 6.07 Å². The summed E-state index contributed by atoms with van der Waals surface area (Å²) >= 11 is 5.93. The molecule has 1 N–H and O–H groups in total. The number of benzene rings is 1. The van der Waals surface area contributed by atoms with Gasteiger partial charge in [0.2, 0.25) is 5.91 Å². The van der Waals surface area contributed by atoms with Crippen LogP contribution >= 0.6 is 11.6 Å². The Morgan fingerprint density at radius 1 is 1.60 bits per heavy atom. The Kier molecular flexibility index (Phi) is 4.14. The highest BCUT2D eigenvalue weighted by Crippen LogP contribution is 2.16. The fourth-order valence-electron chi connectivity index (χ4n) is 1.08. The summed E-state index contributed by atoms with van der Waals surface area (Å²) in [6, 6.07) is 7.39. The zero-order valence-electron chi connectivity index (χ0n) is 8.38. The molecule has 0 heterocycles. The first-order valence-electron chi connectivity index (χ1n) is 4.52. The smallest absolute Gasteiger partial charge is 0.234 e. The Morgan fingerprint density at radius 2 is 2.33 bits per heavy atom. The van der Waals surface area contributed by atoms with Gasteiger partial charge in [-0.1, -0.05) is 23.7 Å². The second kappa shape index (κ2) is 5.38. The van der Waals surface area contributed by atoms with E-state index in [1.807, 2.05) is 25.1 Å². The van der Waals surface area contributed by atoms with Crippen molar-refractivity contribution in [2.45, 2.75) is 19.9 Å². The summed E-state index contributed by atoms with van der Waals surface area (Å²) < 4.78 is 0. The normalized spacial score (nSPS) is 9.40. The highest BCUT2D eigenvalue weighted by atomic mass is 35.5. The number of carbonyl (C=O) groups is 1. The van der Waals surface area contributed by atoms with Gasteiger partial charge in [0.25, 0.3) is 0 Å². The third kappa shape index (κ3) is 3.61. The molecule has 0 aliphatic carbocycles. The molecule has 0 aromatic heterocycles. The second-order valence-corrected chi connectivity index (χ2v) is 3.60. The molecule has 0 unspecified atom stereocenters. The third-order valence-electron chi connectivity index (χ3n) is 1.97. The predicted octanol–water partition coefficient (Wildman–Crippen LogP) is 2.18. The number of carbonyl (C=O) groups excluding carboxylic acids is 1. The van der Waals surface area contributed by atoms with Crippen LogP contribution in [-0.4, -0.2) is 5.91 Å². The minimum Gasteiger partial charge on any atom is -0.351 e. The number of hydrogen-bond donors (Lipinski definition) is 1. The van der Waals surface area contributed by atoms with Gasteiger partial charge in [0.15, 0.2) is 0 Å². The van der Waals surface area contributed by atoms with Crippen molar-refractivity contribution >= 4 is 17.5 Å². The number of nitrogens with zero attached hydrogens (tertiary/aromatic N) is 1. The van der Waals surface area contributed by atoms with Crippen LogP contribution in [0.2, 0.25) is 5.02 Å². The summed E-state index contributed by atoms with van der Waals surface area (Å²) in [6.07, 6.45) is -0.112. The molecule has 0 saturated carbocycles. The van der Waals surface area contributed by atoms with Crippen molar-refractivity contribution in [3.8, 4) is 6.07 Å². The van der Waals surface area contributed by atoms with Crippen LogP contribution in [0.1, 0.15) is 17.5 Å². The molecule has 1 aromatic carbocycles. The van der Waals surface area contributed by atoms with Crippen molar-refractivity contribution < 1.29 is 4.79 Å². The Bertz CT molecular complexity index is 410. The number of rotatable bonds is 3. The van der Waals surface area contributed by atoms with Gasteiger partial charge in [0.1, 0.15) is 6.42 Å². The molecule has 3 nitrogen and oxygen atoms in total. The average Bonchev–Trinajstić information content (AvgIpc) is 2.20. The van der Waals surface area contributed by atoms with E-state index in [2.05, 4.69) is 5.32 Å². The summed E-state index contributed by atoms with van der Waals surface area (Å²) in [5.74, 6) is -0.269. The summed E-state index contributed by atoms with van der Waals surface area (Å²) in [5, 5.41) is 11.6. The number of nitrogens with one attached hydrogen (secondary N) is 1. The Morgan fingerprint density at radius 3 is 2.93 bits per heavy atom. The molecule has 0 fully saturated rings. The minimum atomic E-state index is -0.269. The molecule has 0 spiro atoms. The van der Waals surface area contributed by atoms with E-state index in [4.69, 9.17) is 16.9 Å². The van der Waals surface area contributed by atoms with Gasteiger partial charge in [-0.2, -0.15) is 5.26 Å². The van der Waals surface area contributed by atoms with Gasteiger partial charge in [-0.15, -0.1) is 0 Å². The molecule has 1 aromatic rings. The van der Waals surface area contributed by atoms with E-state index in [1.54, 1.807) is 6.07 Å². The van der Waals surface area contributed by atoms with E-state index < -0.39 is 0 Å². The number of halogens is 1. The molecule has 1 rings (SSSR count). The first-order valence-corrected chi connectivity index (χ1v) is 4.90. The van der Waals surface area contributed by atoms with Crippen LogP contribution in [0.3, 0.4) is 0 Å². The fourth-order valence-corrected chi connectivity index (χ4v) is 1.28. The predicted molar refractivity (Wildman–Crippen MR) is 58.3 cm³/mol. The summed E-state index contributed by atoms with van der Waals surface area (Å²) in [4.78, 5) is 11.0. The van der Waals surface area contributed by atoms with Crippen molar-refractivity contribution in [2.75, 3.05) is 0 Å². The molecule has 0 radical (unpaired) electrons. The molecular weight excluding hydrogens is 212 g/mol. The molecule has 0 saturated heterocycles. The quantitative estimate of drug-likeness (QED) is 0.852. The second-order valence-electron chi connectivity index (χ2n) is 3.20. The van der Waals surface area contributed by atoms with Crippen LogP contribution in [0, 0.1) is 18.3 Å². The lowest BCUT2D eigenvalue weighted by Crippen LogP contribution is -2.21. The van der Waals surface area contributed by atoms with Crippen LogP contribution in [0.15, 0.2) is 18.2 Å². The Hall–Kier alpha value is -1.53. The van der Waals surface area contributed by atoms with Gasteiger partial charge < -0.3 is 5.32 Å². The number of hydrogen-bond acceptors (Lipinski definition) is 2. The first-order chi connectivity index (χ1) is 7.13. The van der Waals surface area contributed by atoms with Crippen molar-refractivity contribution in [1.29, 1.82) is 5.26 Å². The number of nitriles is 1. The molecule has 0 atom stereocenters. The fraction of sp³-hybridized carbons (Fsp3) is 0.273. The molecule has 78 valence electrons. The number of amides is 1. The summed E-state index contributed by atoms with van der Waals surface area (Å²) in [7, 11) is 0. The molecule has 1 amide bonds. The van der Waals surface area contributed by atoms with E-state index in [0.717, 1.165) is 11.1 Å². The lowest BCUT2D eigenvalue weighted by atomic mass is 10.1. The molecule has 4 heteroatoms. The average molecular weight is 223 g/mol. The third-order valence-corrected chi connectivity index (χ3v) is 2.37. The lowest BCUT2D eigenvalue weighted by molar-refractivity contribution is -0.120.